The Hall–Kier alpha value is -2.15. The van der Waals surface area contributed by atoms with Gasteiger partial charge in [0.15, 0.2) is 0 Å². The van der Waals surface area contributed by atoms with E-state index >= 15 is 0 Å². The molecule has 1 aliphatic heterocycles. The van der Waals surface area contributed by atoms with Crippen molar-refractivity contribution in [3.8, 4) is 0 Å². The van der Waals surface area contributed by atoms with Crippen LogP contribution in [-0.4, -0.2) is 39.1 Å². The predicted molar refractivity (Wildman–Crippen MR) is 87.7 cm³/mol. The maximum atomic E-state index is 12.4. The fraction of sp³-hybridized carbons (Fsp3) is 0.438. The summed E-state index contributed by atoms with van der Waals surface area (Å²) in [6.45, 7) is 1.90. The third-order valence-corrected chi connectivity index (χ3v) is 4.82. The minimum absolute atomic E-state index is 0.0483. The van der Waals surface area contributed by atoms with Gasteiger partial charge >= 0.3 is 0 Å². The maximum Gasteiger partial charge on any atom is 0.242 e. The van der Waals surface area contributed by atoms with Crippen LogP contribution in [0.4, 0.5) is 0 Å². The second kappa shape index (κ2) is 7.41. The highest BCUT2D eigenvalue weighted by Crippen LogP contribution is 2.23. The van der Waals surface area contributed by atoms with E-state index in [1.807, 2.05) is 34.5 Å². The number of nitrogens with one attached hydrogen (secondary N) is 1. The Labute approximate surface area is 139 Å². The number of thiophene rings is 1. The zero-order valence-corrected chi connectivity index (χ0v) is 13.7. The number of aryl methyl sites for hydroxylation is 1. The molecule has 1 fully saturated rings. The van der Waals surface area contributed by atoms with Crippen LogP contribution in [0.2, 0.25) is 0 Å². The maximum absolute atomic E-state index is 12.4. The van der Waals surface area contributed by atoms with Crippen molar-refractivity contribution in [3.63, 3.8) is 0 Å². The van der Waals surface area contributed by atoms with Crippen LogP contribution in [0.15, 0.2) is 36.0 Å². The molecule has 23 heavy (non-hydrogen) atoms. The first kappa shape index (κ1) is 15.7. The summed E-state index contributed by atoms with van der Waals surface area (Å²) in [4.78, 5) is 27.2. The van der Waals surface area contributed by atoms with E-state index in [4.69, 9.17) is 0 Å². The van der Waals surface area contributed by atoms with Crippen LogP contribution in [0, 0.1) is 0 Å². The molecule has 6 nitrogen and oxygen atoms in total. The van der Waals surface area contributed by atoms with Gasteiger partial charge in [-0.05, 0) is 30.4 Å². The van der Waals surface area contributed by atoms with Crippen LogP contribution in [0.25, 0.3) is 0 Å². The van der Waals surface area contributed by atoms with Crippen molar-refractivity contribution in [2.45, 2.75) is 38.4 Å². The topological polar surface area (TPSA) is 67.2 Å². The van der Waals surface area contributed by atoms with Gasteiger partial charge in [-0.1, -0.05) is 6.07 Å². The molecule has 2 aromatic rings. The number of carbonyl (C=O) groups excluding carboxylic acids is 2. The largest absolute Gasteiger partial charge is 0.354 e. The summed E-state index contributed by atoms with van der Waals surface area (Å²) < 4.78 is 1.84. The van der Waals surface area contributed by atoms with Crippen LogP contribution >= 0.6 is 11.3 Å². The Morgan fingerprint density at radius 1 is 1.43 bits per heavy atom. The van der Waals surface area contributed by atoms with Crippen molar-refractivity contribution in [1.29, 1.82) is 0 Å². The van der Waals surface area contributed by atoms with E-state index in [-0.39, 0.29) is 17.9 Å². The Morgan fingerprint density at radius 3 is 3.09 bits per heavy atom. The minimum Gasteiger partial charge on any atom is -0.354 e. The van der Waals surface area contributed by atoms with Crippen molar-refractivity contribution < 1.29 is 9.59 Å². The van der Waals surface area contributed by atoms with Crippen LogP contribution in [0.5, 0.6) is 0 Å². The second-order valence-electron chi connectivity index (χ2n) is 5.57. The molecule has 1 N–H and O–H groups in total. The summed E-state index contributed by atoms with van der Waals surface area (Å²) in [6.07, 6.45) is 5.52. The number of carbonyl (C=O) groups is 2. The highest BCUT2D eigenvalue weighted by atomic mass is 32.1. The van der Waals surface area contributed by atoms with Crippen molar-refractivity contribution in [2.75, 3.05) is 6.54 Å². The number of hydrogen-bond acceptors (Lipinski definition) is 4. The average molecular weight is 332 g/mol. The zero-order valence-electron chi connectivity index (χ0n) is 12.9. The van der Waals surface area contributed by atoms with Crippen molar-refractivity contribution in [2.24, 2.45) is 0 Å². The number of hydrogen-bond donors (Lipinski definition) is 1. The molecule has 1 saturated heterocycles. The zero-order chi connectivity index (χ0) is 16.1. The summed E-state index contributed by atoms with van der Waals surface area (Å²) >= 11 is 1.61. The fourth-order valence-electron chi connectivity index (χ4n) is 2.78. The second-order valence-corrected chi connectivity index (χ2v) is 6.60. The van der Waals surface area contributed by atoms with Gasteiger partial charge in [-0.3, -0.25) is 14.3 Å². The smallest absolute Gasteiger partial charge is 0.242 e. The molecule has 0 aromatic carbocycles. The quantitative estimate of drug-likeness (QED) is 0.784. The van der Waals surface area contributed by atoms with Crippen LogP contribution < -0.4 is 5.32 Å². The molecule has 0 aliphatic carbocycles. The molecule has 2 aromatic heterocycles. The van der Waals surface area contributed by atoms with Gasteiger partial charge in [0.05, 0.1) is 6.54 Å². The molecule has 0 saturated carbocycles. The van der Waals surface area contributed by atoms with E-state index in [0.29, 0.717) is 25.9 Å². The van der Waals surface area contributed by atoms with E-state index in [1.54, 1.807) is 22.4 Å². The Morgan fingerprint density at radius 2 is 2.35 bits per heavy atom. The highest BCUT2D eigenvalue weighted by Gasteiger charge is 2.35. The van der Waals surface area contributed by atoms with E-state index in [9.17, 15) is 9.59 Å². The molecular weight excluding hydrogens is 312 g/mol. The van der Waals surface area contributed by atoms with Gasteiger partial charge in [0.25, 0.3) is 0 Å². The summed E-state index contributed by atoms with van der Waals surface area (Å²) in [6, 6.07) is 5.50. The van der Waals surface area contributed by atoms with Gasteiger partial charge in [-0.2, -0.15) is 5.10 Å². The molecule has 122 valence electrons. The van der Waals surface area contributed by atoms with Gasteiger partial charge in [0.1, 0.15) is 6.04 Å². The molecule has 1 aliphatic rings. The monoisotopic (exact) mass is 332 g/mol. The van der Waals surface area contributed by atoms with Gasteiger partial charge in [-0.15, -0.1) is 11.3 Å². The van der Waals surface area contributed by atoms with Crippen molar-refractivity contribution in [1.82, 2.24) is 20.0 Å². The summed E-state index contributed by atoms with van der Waals surface area (Å²) in [7, 11) is 0. The number of aromatic nitrogens is 2. The van der Waals surface area contributed by atoms with Gasteiger partial charge in [0.2, 0.25) is 11.8 Å². The number of likely N-dealkylation sites (tertiary alicyclic amines) is 1. The molecule has 1 unspecified atom stereocenters. The summed E-state index contributed by atoms with van der Waals surface area (Å²) in [5.74, 6) is 0.0166. The van der Waals surface area contributed by atoms with E-state index in [0.717, 1.165) is 17.8 Å². The average Bonchev–Trinajstić information content (AvgIpc) is 3.28. The highest BCUT2D eigenvalue weighted by molar-refractivity contribution is 7.09. The third-order valence-electron chi connectivity index (χ3n) is 3.96. The van der Waals surface area contributed by atoms with Crippen LogP contribution in [0.3, 0.4) is 0 Å². The van der Waals surface area contributed by atoms with Gasteiger partial charge in [0, 0.05) is 36.8 Å². The van der Waals surface area contributed by atoms with E-state index < -0.39 is 0 Å². The summed E-state index contributed by atoms with van der Waals surface area (Å²) in [5.41, 5.74) is 0. The lowest BCUT2D eigenvalue weighted by atomic mass is 10.2. The first-order valence-corrected chi connectivity index (χ1v) is 8.69. The molecule has 0 bridgehead atoms. The molecule has 2 amide bonds. The first-order valence-electron chi connectivity index (χ1n) is 7.81. The molecule has 3 heterocycles. The molecular formula is C16H20N4O2S. The van der Waals surface area contributed by atoms with Crippen molar-refractivity contribution in [3.05, 3.63) is 40.8 Å². The molecule has 0 radical (unpaired) electrons. The SMILES string of the molecule is O=C(NCCCn1cccn1)C1CCC(=O)N1Cc1cccs1. The lowest BCUT2D eigenvalue weighted by Crippen LogP contribution is -2.44. The summed E-state index contributed by atoms with van der Waals surface area (Å²) in [5, 5.41) is 9.06. The molecule has 0 spiro atoms. The number of amides is 2. The lowest BCUT2D eigenvalue weighted by molar-refractivity contribution is -0.135. The third kappa shape index (κ3) is 3.98. The molecule has 7 heteroatoms. The molecule has 3 rings (SSSR count). The number of rotatable bonds is 7. The first-order chi connectivity index (χ1) is 11.2. The van der Waals surface area contributed by atoms with E-state index in [2.05, 4.69) is 10.4 Å². The molecule has 1 atom stereocenters. The number of nitrogens with zero attached hydrogens (tertiary/aromatic N) is 3. The van der Waals surface area contributed by atoms with Gasteiger partial charge in [-0.25, -0.2) is 0 Å². The normalized spacial score (nSPS) is 17.7. The van der Waals surface area contributed by atoms with Crippen molar-refractivity contribution >= 4 is 23.2 Å². The van der Waals surface area contributed by atoms with Crippen LogP contribution in [0.1, 0.15) is 24.1 Å². The standard InChI is InChI=1S/C16H20N4O2S/c21-15-6-5-14(20(15)12-13-4-1-11-23-13)16(22)17-7-2-9-19-10-3-8-18-19/h1,3-4,8,10-11,14H,2,5-7,9,12H2,(H,17,22). The van der Waals surface area contributed by atoms with Gasteiger partial charge < -0.3 is 10.2 Å². The predicted octanol–water partition coefficient (Wildman–Crippen LogP) is 1.64. The lowest BCUT2D eigenvalue weighted by Gasteiger charge is -2.23. The Bertz CT molecular complexity index is 639. The van der Waals surface area contributed by atoms with Crippen LogP contribution in [-0.2, 0) is 22.7 Å². The fourth-order valence-corrected chi connectivity index (χ4v) is 3.48. The Kier molecular flexibility index (Phi) is 5.07. The van der Waals surface area contributed by atoms with E-state index in [1.165, 1.54) is 0 Å². The minimum atomic E-state index is -0.339. The Balaban J connectivity index is 1.48.